The van der Waals surface area contributed by atoms with Gasteiger partial charge in [0.1, 0.15) is 11.5 Å². The van der Waals surface area contributed by atoms with Crippen LogP contribution in [0.1, 0.15) is 44.5 Å². The van der Waals surface area contributed by atoms with Crippen LogP contribution >= 0.6 is 0 Å². The summed E-state index contributed by atoms with van der Waals surface area (Å²) in [4.78, 5) is 0. The van der Waals surface area contributed by atoms with E-state index in [2.05, 4.69) is 218 Å². The summed E-state index contributed by atoms with van der Waals surface area (Å²) in [5.74, 6) is 1.81. The van der Waals surface area contributed by atoms with Crippen molar-refractivity contribution >= 4 is 21.5 Å². The van der Waals surface area contributed by atoms with Gasteiger partial charge >= 0.3 is 0 Å². The molecule has 1 nitrogen and oxygen atoms in total. The average molecular weight is 749 g/mol. The van der Waals surface area contributed by atoms with E-state index in [1.807, 2.05) is 0 Å². The Hall–Kier alpha value is -7.48. The SMILES string of the molecule is c1ccc(C2(c3ccccc3)c3cc(-c4ccc5c(c4)C4(c6ccccc6-c6ccccc64)c4c(ccc6ccccc46)O5)ccc3-c3cc4ccccc4cc32)cc1. The predicted octanol–water partition coefficient (Wildman–Crippen LogP) is 14.5. The zero-order chi connectivity index (χ0) is 38.7. The molecule has 0 radical (unpaired) electrons. The maximum absolute atomic E-state index is 7.00. The van der Waals surface area contributed by atoms with Crippen LogP contribution in [0.2, 0.25) is 0 Å². The summed E-state index contributed by atoms with van der Waals surface area (Å²) in [5.41, 5.74) is 16.5. The Bertz CT molecular complexity index is 3270. The molecule has 0 aromatic heterocycles. The highest BCUT2D eigenvalue weighted by Gasteiger charge is 2.52. The summed E-state index contributed by atoms with van der Waals surface area (Å²) in [5, 5.41) is 4.93. The smallest absolute Gasteiger partial charge is 0.132 e. The van der Waals surface area contributed by atoms with E-state index < -0.39 is 10.8 Å². The topological polar surface area (TPSA) is 9.23 Å². The van der Waals surface area contributed by atoms with E-state index in [0.717, 1.165) is 17.1 Å². The summed E-state index contributed by atoms with van der Waals surface area (Å²) in [6.07, 6.45) is 0. The van der Waals surface area contributed by atoms with Crippen LogP contribution in [0.5, 0.6) is 11.5 Å². The Morgan fingerprint density at radius 2 is 0.797 bits per heavy atom. The first-order chi connectivity index (χ1) is 29.2. The summed E-state index contributed by atoms with van der Waals surface area (Å²) in [7, 11) is 0. The van der Waals surface area contributed by atoms with E-state index in [4.69, 9.17) is 4.74 Å². The first kappa shape index (κ1) is 32.6. The van der Waals surface area contributed by atoms with Crippen molar-refractivity contribution < 1.29 is 4.74 Å². The summed E-state index contributed by atoms with van der Waals surface area (Å²) < 4.78 is 7.00. The predicted molar refractivity (Wildman–Crippen MR) is 242 cm³/mol. The van der Waals surface area contributed by atoms with Crippen molar-refractivity contribution in [3.8, 4) is 44.9 Å². The van der Waals surface area contributed by atoms with Gasteiger partial charge in [0.15, 0.2) is 0 Å². The first-order valence-corrected chi connectivity index (χ1v) is 20.6. The molecule has 0 fully saturated rings. The maximum atomic E-state index is 7.00. The van der Waals surface area contributed by atoms with E-state index in [1.54, 1.807) is 0 Å². The van der Waals surface area contributed by atoms with Crippen molar-refractivity contribution in [1.82, 2.24) is 0 Å². The van der Waals surface area contributed by atoms with Crippen LogP contribution in [0.4, 0.5) is 0 Å². The van der Waals surface area contributed by atoms with Gasteiger partial charge in [-0.2, -0.15) is 0 Å². The second-order valence-electron chi connectivity index (χ2n) is 16.3. The van der Waals surface area contributed by atoms with E-state index in [9.17, 15) is 0 Å². The van der Waals surface area contributed by atoms with Crippen LogP contribution in [0, 0.1) is 0 Å². The highest BCUT2D eigenvalue weighted by atomic mass is 16.5. The van der Waals surface area contributed by atoms with Gasteiger partial charge in [-0.3, -0.25) is 0 Å². The van der Waals surface area contributed by atoms with Crippen LogP contribution < -0.4 is 4.74 Å². The highest BCUT2D eigenvalue weighted by Crippen LogP contribution is 2.64. The van der Waals surface area contributed by atoms with Crippen LogP contribution in [-0.4, -0.2) is 0 Å². The molecule has 0 saturated heterocycles. The number of rotatable bonds is 3. The summed E-state index contributed by atoms with van der Waals surface area (Å²) in [6.45, 7) is 0. The third-order valence-electron chi connectivity index (χ3n) is 13.6. The molecule has 2 aliphatic carbocycles. The van der Waals surface area contributed by atoms with Crippen molar-refractivity contribution in [3.63, 3.8) is 0 Å². The molecule has 13 rings (SSSR count). The van der Waals surface area contributed by atoms with E-state index >= 15 is 0 Å². The normalized spacial score (nSPS) is 14.5. The molecule has 1 heteroatoms. The Morgan fingerprint density at radius 3 is 1.49 bits per heavy atom. The van der Waals surface area contributed by atoms with Crippen molar-refractivity contribution in [1.29, 1.82) is 0 Å². The van der Waals surface area contributed by atoms with Crippen molar-refractivity contribution in [2.75, 3.05) is 0 Å². The molecular formula is C58H36O. The zero-order valence-electron chi connectivity index (χ0n) is 32.2. The molecule has 1 aliphatic heterocycles. The molecule has 0 saturated carbocycles. The lowest BCUT2D eigenvalue weighted by atomic mass is 9.64. The monoisotopic (exact) mass is 748 g/mol. The average Bonchev–Trinajstić information content (AvgIpc) is 3.76. The number of ether oxygens (including phenoxy) is 1. The van der Waals surface area contributed by atoms with E-state index in [-0.39, 0.29) is 0 Å². The standard InChI is InChI=1S/C58H36O/c1-3-18-42(19-4-1)57(43-20-5-2-6-21-43)51-35-40(27-30-47(51)48-33-38-16-7-8-17-39(38)34-52(48)57)41-29-31-54-53(36-41)58(56-44-22-10-9-15-37(44)28-32-55(56)59-54)49-25-13-11-23-45(49)46-24-12-14-26-50(46)58/h1-36H. The molecule has 59 heavy (non-hydrogen) atoms. The van der Waals surface area contributed by atoms with Gasteiger partial charge in [0.05, 0.1) is 10.8 Å². The lowest BCUT2D eigenvalue weighted by Crippen LogP contribution is -2.32. The quantitative estimate of drug-likeness (QED) is 0.175. The minimum Gasteiger partial charge on any atom is -0.457 e. The fourth-order valence-electron chi connectivity index (χ4n) is 11.2. The van der Waals surface area contributed by atoms with Gasteiger partial charge in [0, 0.05) is 11.1 Å². The fourth-order valence-corrected chi connectivity index (χ4v) is 11.2. The van der Waals surface area contributed by atoms with Crippen LogP contribution in [0.3, 0.4) is 0 Å². The first-order valence-electron chi connectivity index (χ1n) is 20.6. The minimum atomic E-state index is -0.585. The lowest BCUT2D eigenvalue weighted by Gasteiger charge is -2.40. The Labute approximate surface area is 343 Å². The summed E-state index contributed by atoms with van der Waals surface area (Å²) in [6, 6.07) is 81.1. The number of benzene rings is 10. The molecule has 1 heterocycles. The largest absolute Gasteiger partial charge is 0.457 e. The van der Waals surface area contributed by atoms with Crippen LogP contribution in [-0.2, 0) is 10.8 Å². The maximum Gasteiger partial charge on any atom is 0.132 e. The van der Waals surface area contributed by atoms with Gasteiger partial charge in [-0.05, 0) is 125 Å². The third kappa shape index (κ3) is 4.24. The van der Waals surface area contributed by atoms with Gasteiger partial charge in [-0.25, -0.2) is 0 Å². The second kappa shape index (κ2) is 12.0. The molecule has 3 aliphatic rings. The number of hydrogen-bond donors (Lipinski definition) is 0. The minimum absolute atomic E-state index is 0.521. The molecule has 1 spiro atoms. The third-order valence-corrected chi connectivity index (χ3v) is 13.6. The van der Waals surface area contributed by atoms with Gasteiger partial charge in [-0.15, -0.1) is 0 Å². The molecule has 0 unspecified atom stereocenters. The van der Waals surface area contributed by atoms with Crippen molar-refractivity contribution in [3.05, 3.63) is 263 Å². The Kier molecular flexibility index (Phi) is 6.64. The van der Waals surface area contributed by atoms with Gasteiger partial charge in [-0.1, -0.05) is 182 Å². The van der Waals surface area contributed by atoms with Crippen LogP contribution in [0.25, 0.3) is 54.9 Å². The Morgan fingerprint density at radius 1 is 0.288 bits per heavy atom. The molecule has 0 atom stereocenters. The van der Waals surface area contributed by atoms with E-state index in [1.165, 1.54) is 93.9 Å². The Balaban J connectivity index is 1.10. The van der Waals surface area contributed by atoms with Crippen molar-refractivity contribution in [2.24, 2.45) is 0 Å². The summed E-state index contributed by atoms with van der Waals surface area (Å²) >= 11 is 0. The van der Waals surface area contributed by atoms with Gasteiger partial charge in [0.2, 0.25) is 0 Å². The highest BCUT2D eigenvalue weighted by molar-refractivity contribution is 5.99. The molecule has 274 valence electrons. The number of hydrogen-bond acceptors (Lipinski definition) is 1. The van der Waals surface area contributed by atoms with Gasteiger partial charge in [0.25, 0.3) is 0 Å². The van der Waals surface area contributed by atoms with E-state index in [0.29, 0.717) is 0 Å². The van der Waals surface area contributed by atoms with Gasteiger partial charge < -0.3 is 4.74 Å². The second-order valence-corrected chi connectivity index (χ2v) is 16.3. The molecular weight excluding hydrogens is 713 g/mol. The molecule has 10 aromatic rings. The zero-order valence-corrected chi connectivity index (χ0v) is 32.2. The molecule has 10 aromatic carbocycles. The molecule has 0 amide bonds. The van der Waals surface area contributed by atoms with Crippen LogP contribution in [0.15, 0.2) is 218 Å². The number of fused-ring (bicyclic) bond motifs is 15. The van der Waals surface area contributed by atoms with Crippen molar-refractivity contribution in [2.45, 2.75) is 10.8 Å². The molecule has 0 N–H and O–H groups in total. The fraction of sp³-hybridized carbons (Fsp3) is 0.0345. The molecule has 0 bridgehead atoms. The lowest BCUT2D eigenvalue weighted by molar-refractivity contribution is 0.438.